The molecule has 0 amide bonds. The van der Waals surface area contributed by atoms with Gasteiger partial charge in [0.05, 0.1) is 6.07 Å². The molecule has 1 nitrogen and oxygen atoms in total. The van der Waals surface area contributed by atoms with Gasteiger partial charge in [0, 0.05) is 10.3 Å². The fourth-order valence-electron chi connectivity index (χ4n) is 0.126. The van der Waals surface area contributed by atoms with Crippen LogP contribution < -0.4 is 0 Å². The quantitative estimate of drug-likeness (QED) is 0.461. The monoisotopic (exact) mass is 195 g/mol. The van der Waals surface area contributed by atoms with E-state index in [1.165, 1.54) is 0 Å². The summed E-state index contributed by atoms with van der Waals surface area (Å²) in [5, 5.41) is 7.98. The van der Waals surface area contributed by atoms with Crippen LogP contribution in [0.25, 0.3) is 0 Å². The van der Waals surface area contributed by atoms with E-state index in [0.29, 0.717) is 10.3 Å². The maximum Gasteiger partial charge on any atom is 0.0632 e. The lowest BCUT2D eigenvalue weighted by atomic mass is 10.4. The van der Waals surface area contributed by atoms with Crippen LogP contribution in [0.15, 0.2) is 0 Å². The molecule has 0 aromatic heterocycles. The minimum absolute atomic E-state index is 0.507. The molecule has 0 aromatic carbocycles. The van der Waals surface area contributed by atoms with E-state index in [9.17, 15) is 0 Å². The molecule has 1 atom stereocenters. The molecule has 0 rings (SSSR count). The molecule has 34 valence electrons. The van der Waals surface area contributed by atoms with Crippen LogP contribution in [-0.4, -0.2) is 3.92 Å². The zero-order chi connectivity index (χ0) is 4.99. The van der Waals surface area contributed by atoms with Crippen molar-refractivity contribution < 1.29 is 0 Å². The van der Waals surface area contributed by atoms with Crippen LogP contribution >= 0.6 is 22.6 Å². The summed E-state index contributed by atoms with van der Waals surface area (Å²) in [7, 11) is 0. The van der Waals surface area contributed by atoms with Gasteiger partial charge in [0.2, 0.25) is 0 Å². The molecule has 6 heavy (non-hydrogen) atoms. The minimum Gasteiger partial charge on any atom is -0.198 e. The van der Waals surface area contributed by atoms with Gasteiger partial charge >= 0.3 is 0 Å². The normalized spacial score (nSPS) is 12.8. The Morgan fingerprint density at radius 3 is 2.50 bits per heavy atom. The SMILES string of the molecule is CC(I)CC#N. The molecular weight excluding hydrogens is 189 g/mol. The van der Waals surface area contributed by atoms with E-state index in [4.69, 9.17) is 5.26 Å². The lowest BCUT2D eigenvalue weighted by Crippen LogP contribution is -1.82. The van der Waals surface area contributed by atoms with Crippen LogP contribution in [-0.2, 0) is 0 Å². The first kappa shape index (κ1) is 6.22. The number of rotatable bonds is 1. The first-order valence-corrected chi connectivity index (χ1v) is 3.03. The third-order valence-corrected chi connectivity index (χ3v) is 0.813. The first-order valence-electron chi connectivity index (χ1n) is 1.78. The number of hydrogen-bond acceptors (Lipinski definition) is 1. The lowest BCUT2D eigenvalue weighted by molar-refractivity contribution is 1.03. The zero-order valence-electron chi connectivity index (χ0n) is 3.61. The molecule has 0 aliphatic carbocycles. The van der Waals surface area contributed by atoms with Gasteiger partial charge in [-0.3, -0.25) is 0 Å². The highest BCUT2D eigenvalue weighted by Gasteiger charge is 1.87. The molecule has 0 spiro atoms. The van der Waals surface area contributed by atoms with Gasteiger partial charge in [0.15, 0.2) is 0 Å². The Bertz CT molecular complexity index is 62.4. The van der Waals surface area contributed by atoms with Crippen molar-refractivity contribution in [2.75, 3.05) is 0 Å². The second-order valence-corrected chi connectivity index (χ2v) is 3.27. The van der Waals surface area contributed by atoms with Crippen LogP contribution in [0.1, 0.15) is 13.3 Å². The van der Waals surface area contributed by atoms with Gasteiger partial charge in [-0.05, 0) is 0 Å². The highest BCUT2D eigenvalue weighted by Crippen LogP contribution is 2.00. The van der Waals surface area contributed by atoms with Crippen molar-refractivity contribution in [2.24, 2.45) is 0 Å². The van der Waals surface area contributed by atoms with Crippen LogP contribution in [0.5, 0.6) is 0 Å². The van der Waals surface area contributed by atoms with E-state index in [1.54, 1.807) is 0 Å². The van der Waals surface area contributed by atoms with Crippen LogP contribution in [0.3, 0.4) is 0 Å². The van der Waals surface area contributed by atoms with Gasteiger partial charge in [-0.25, -0.2) is 0 Å². The van der Waals surface area contributed by atoms with Crippen molar-refractivity contribution in [3.8, 4) is 6.07 Å². The summed E-state index contributed by atoms with van der Waals surface area (Å²) in [6.45, 7) is 2.02. The van der Waals surface area contributed by atoms with E-state index in [-0.39, 0.29) is 0 Å². The molecule has 0 aromatic rings. The zero-order valence-corrected chi connectivity index (χ0v) is 5.77. The van der Waals surface area contributed by atoms with Crippen LogP contribution in [0.4, 0.5) is 0 Å². The van der Waals surface area contributed by atoms with E-state index in [1.807, 2.05) is 6.92 Å². The molecule has 0 saturated heterocycles. The van der Waals surface area contributed by atoms with Crippen molar-refractivity contribution in [1.82, 2.24) is 0 Å². The van der Waals surface area contributed by atoms with Crippen molar-refractivity contribution in [1.29, 1.82) is 5.26 Å². The number of nitrogens with zero attached hydrogens (tertiary/aromatic N) is 1. The maximum atomic E-state index is 7.98. The summed E-state index contributed by atoms with van der Waals surface area (Å²) in [5.41, 5.74) is 0. The fraction of sp³-hybridized carbons (Fsp3) is 0.750. The second-order valence-electron chi connectivity index (χ2n) is 1.14. The van der Waals surface area contributed by atoms with Crippen molar-refractivity contribution >= 4 is 22.6 Å². The van der Waals surface area contributed by atoms with Crippen molar-refractivity contribution in [3.05, 3.63) is 0 Å². The summed E-state index contributed by atoms with van der Waals surface area (Å²) in [6.07, 6.45) is 0.667. The molecular formula is C4H6IN. The van der Waals surface area contributed by atoms with Crippen molar-refractivity contribution in [2.45, 2.75) is 17.3 Å². The van der Waals surface area contributed by atoms with E-state index < -0.39 is 0 Å². The van der Waals surface area contributed by atoms with Gasteiger partial charge in [0.25, 0.3) is 0 Å². The molecule has 0 saturated carbocycles. The average Bonchev–Trinajstić information content (AvgIpc) is 1.35. The standard InChI is InChI=1S/C4H6IN/c1-4(5)2-3-6/h4H,2H2,1H3. The van der Waals surface area contributed by atoms with E-state index >= 15 is 0 Å². The van der Waals surface area contributed by atoms with Crippen LogP contribution in [0.2, 0.25) is 0 Å². The number of alkyl halides is 1. The smallest absolute Gasteiger partial charge is 0.0632 e. The molecule has 0 heterocycles. The number of hydrogen-bond donors (Lipinski definition) is 0. The predicted molar refractivity (Wildman–Crippen MR) is 33.7 cm³/mol. The average molecular weight is 195 g/mol. The van der Waals surface area contributed by atoms with Gasteiger partial charge in [-0.2, -0.15) is 5.26 Å². The highest BCUT2D eigenvalue weighted by atomic mass is 127. The highest BCUT2D eigenvalue weighted by molar-refractivity contribution is 14.1. The third kappa shape index (κ3) is 4.22. The first-order chi connectivity index (χ1) is 2.77. The Morgan fingerprint density at radius 2 is 2.50 bits per heavy atom. The topological polar surface area (TPSA) is 23.8 Å². The molecule has 0 fully saturated rings. The Kier molecular flexibility index (Phi) is 3.54. The summed E-state index contributed by atoms with van der Waals surface area (Å²) in [5.74, 6) is 0. The van der Waals surface area contributed by atoms with Gasteiger partial charge in [-0.15, -0.1) is 0 Å². The summed E-state index contributed by atoms with van der Waals surface area (Å²) in [6, 6.07) is 2.06. The fourth-order valence-corrected chi connectivity index (χ4v) is 0.323. The molecule has 0 aliphatic rings. The maximum absolute atomic E-state index is 7.98. The molecule has 2 heteroatoms. The lowest BCUT2D eigenvalue weighted by Gasteiger charge is -1.85. The summed E-state index contributed by atoms with van der Waals surface area (Å²) < 4.78 is 0.507. The molecule has 0 N–H and O–H groups in total. The van der Waals surface area contributed by atoms with E-state index in [2.05, 4.69) is 28.7 Å². The van der Waals surface area contributed by atoms with E-state index in [0.717, 1.165) is 0 Å². The third-order valence-electron chi connectivity index (χ3n) is 0.373. The Balaban J connectivity index is 2.88. The molecule has 0 radical (unpaired) electrons. The van der Waals surface area contributed by atoms with Crippen LogP contribution in [0, 0.1) is 11.3 Å². The van der Waals surface area contributed by atoms with Gasteiger partial charge < -0.3 is 0 Å². The van der Waals surface area contributed by atoms with Crippen molar-refractivity contribution in [3.63, 3.8) is 0 Å². The Labute approximate surface area is 51.5 Å². The molecule has 1 unspecified atom stereocenters. The van der Waals surface area contributed by atoms with Gasteiger partial charge in [-0.1, -0.05) is 29.5 Å². The summed E-state index contributed by atoms with van der Waals surface area (Å²) >= 11 is 2.22. The molecule has 0 bridgehead atoms. The molecule has 0 aliphatic heterocycles. The second kappa shape index (κ2) is 3.41. The summed E-state index contributed by atoms with van der Waals surface area (Å²) in [4.78, 5) is 0. The largest absolute Gasteiger partial charge is 0.198 e. The number of nitriles is 1. The minimum atomic E-state index is 0.507. The Morgan fingerprint density at radius 1 is 2.00 bits per heavy atom. The van der Waals surface area contributed by atoms with Gasteiger partial charge in [0.1, 0.15) is 0 Å². The Hall–Kier alpha value is 0.220. The predicted octanol–water partition coefficient (Wildman–Crippen LogP) is 1.72. The number of halogens is 1.